The number of hydrogen-bond donors (Lipinski definition) is 1. The number of nitrogens with zero attached hydrogens (tertiary/aromatic N) is 1. The Labute approximate surface area is 107 Å². The number of carbonyl (C=O) groups is 1. The van der Waals surface area contributed by atoms with Gasteiger partial charge in [-0.2, -0.15) is 0 Å². The first-order chi connectivity index (χ1) is 8.65. The molecule has 1 N–H and O–H groups in total. The highest BCUT2D eigenvalue weighted by molar-refractivity contribution is 5.87. The van der Waals surface area contributed by atoms with E-state index < -0.39 is 5.97 Å². The molecule has 1 aromatic rings. The first-order valence-corrected chi connectivity index (χ1v) is 6.45. The summed E-state index contributed by atoms with van der Waals surface area (Å²) in [5, 5.41) is 8.77. The first-order valence-electron chi connectivity index (χ1n) is 6.45. The fourth-order valence-electron chi connectivity index (χ4n) is 2.37. The van der Waals surface area contributed by atoms with Crippen LogP contribution in [0.5, 0.6) is 0 Å². The summed E-state index contributed by atoms with van der Waals surface area (Å²) < 4.78 is 5.83. The lowest BCUT2D eigenvalue weighted by atomic mass is 9.89. The van der Waals surface area contributed by atoms with E-state index in [0.29, 0.717) is 12.7 Å². The zero-order valence-corrected chi connectivity index (χ0v) is 10.6. The van der Waals surface area contributed by atoms with Gasteiger partial charge in [0, 0.05) is 6.20 Å². The molecule has 0 amide bonds. The average molecular weight is 249 g/mol. The second-order valence-corrected chi connectivity index (χ2v) is 5.05. The number of aromatic carboxylic acids is 1. The third-order valence-electron chi connectivity index (χ3n) is 3.43. The third-order valence-corrected chi connectivity index (χ3v) is 3.43. The molecule has 1 fully saturated rings. The van der Waals surface area contributed by atoms with E-state index in [0.717, 1.165) is 24.5 Å². The zero-order chi connectivity index (χ0) is 13.0. The van der Waals surface area contributed by atoms with Gasteiger partial charge in [-0.1, -0.05) is 19.8 Å². The van der Waals surface area contributed by atoms with Crippen LogP contribution in [0.4, 0.5) is 0 Å². The van der Waals surface area contributed by atoms with Crippen molar-refractivity contribution in [2.24, 2.45) is 5.92 Å². The van der Waals surface area contributed by atoms with Crippen LogP contribution in [0, 0.1) is 5.92 Å². The molecule has 18 heavy (non-hydrogen) atoms. The highest BCUT2D eigenvalue weighted by atomic mass is 16.5. The van der Waals surface area contributed by atoms with Crippen molar-refractivity contribution in [2.45, 2.75) is 45.3 Å². The molecular weight excluding hydrogens is 230 g/mol. The molecule has 1 aliphatic carbocycles. The van der Waals surface area contributed by atoms with Crippen molar-refractivity contribution in [3.8, 4) is 0 Å². The van der Waals surface area contributed by atoms with E-state index in [-0.39, 0.29) is 5.56 Å². The Morgan fingerprint density at radius 2 is 2.33 bits per heavy atom. The van der Waals surface area contributed by atoms with Gasteiger partial charge < -0.3 is 9.84 Å². The van der Waals surface area contributed by atoms with Gasteiger partial charge in [0.15, 0.2) is 0 Å². The summed E-state index contributed by atoms with van der Waals surface area (Å²) in [5.74, 6) is -0.206. The maximum absolute atomic E-state index is 10.7. The Kier molecular flexibility index (Phi) is 4.31. The number of carboxylic acids is 1. The van der Waals surface area contributed by atoms with E-state index in [1.54, 1.807) is 12.1 Å². The lowest BCUT2D eigenvalue weighted by Gasteiger charge is -2.26. The van der Waals surface area contributed by atoms with Crippen molar-refractivity contribution in [3.63, 3.8) is 0 Å². The normalized spacial score (nSPS) is 23.8. The second-order valence-electron chi connectivity index (χ2n) is 5.05. The van der Waals surface area contributed by atoms with Gasteiger partial charge in [-0.3, -0.25) is 4.98 Å². The topological polar surface area (TPSA) is 59.4 Å². The molecule has 1 saturated carbocycles. The maximum atomic E-state index is 10.7. The first kappa shape index (κ1) is 13.0. The average Bonchev–Trinajstić information content (AvgIpc) is 2.37. The molecule has 4 heteroatoms. The summed E-state index contributed by atoms with van der Waals surface area (Å²) in [5.41, 5.74) is 1.00. The zero-order valence-electron chi connectivity index (χ0n) is 10.6. The number of ether oxygens (including phenoxy) is 1. The van der Waals surface area contributed by atoms with E-state index in [1.165, 1.54) is 19.0 Å². The Hall–Kier alpha value is -1.42. The quantitative estimate of drug-likeness (QED) is 0.891. The van der Waals surface area contributed by atoms with E-state index in [4.69, 9.17) is 9.84 Å². The molecule has 2 rings (SSSR count). The highest BCUT2D eigenvalue weighted by Crippen LogP contribution is 2.26. The standard InChI is InChI=1S/C14H19NO3/c1-10-3-2-4-13(7-10)18-9-12-6-5-11(8-15-12)14(16)17/h5-6,8,10,13H,2-4,7,9H2,1H3,(H,16,17). The van der Waals surface area contributed by atoms with Crippen LogP contribution in [0.1, 0.15) is 48.7 Å². The molecule has 0 saturated heterocycles. The molecule has 0 aromatic carbocycles. The van der Waals surface area contributed by atoms with Crippen molar-refractivity contribution in [3.05, 3.63) is 29.6 Å². The molecular formula is C14H19NO3. The van der Waals surface area contributed by atoms with Gasteiger partial charge in [0.25, 0.3) is 0 Å². The Morgan fingerprint density at radius 1 is 1.50 bits per heavy atom. The van der Waals surface area contributed by atoms with Crippen LogP contribution in [0.15, 0.2) is 18.3 Å². The van der Waals surface area contributed by atoms with Crippen LogP contribution < -0.4 is 0 Å². The summed E-state index contributed by atoms with van der Waals surface area (Å²) in [4.78, 5) is 14.8. The lowest BCUT2D eigenvalue weighted by molar-refractivity contribution is 0.00318. The highest BCUT2D eigenvalue weighted by Gasteiger charge is 2.19. The summed E-state index contributed by atoms with van der Waals surface area (Å²) in [6, 6.07) is 3.28. The third kappa shape index (κ3) is 3.53. The summed E-state index contributed by atoms with van der Waals surface area (Å²) in [7, 11) is 0. The largest absolute Gasteiger partial charge is 0.478 e. The van der Waals surface area contributed by atoms with Gasteiger partial charge >= 0.3 is 5.97 Å². The van der Waals surface area contributed by atoms with Crippen molar-refractivity contribution in [1.82, 2.24) is 4.98 Å². The van der Waals surface area contributed by atoms with E-state index in [2.05, 4.69) is 11.9 Å². The Morgan fingerprint density at radius 3 is 2.94 bits per heavy atom. The minimum atomic E-state index is -0.948. The second kappa shape index (κ2) is 5.96. The van der Waals surface area contributed by atoms with Crippen LogP contribution in [-0.2, 0) is 11.3 Å². The molecule has 2 atom stereocenters. The van der Waals surface area contributed by atoms with Gasteiger partial charge in [-0.05, 0) is 30.9 Å². The summed E-state index contributed by atoms with van der Waals surface area (Å²) >= 11 is 0. The predicted octanol–water partition coefficient (Wildman–Crippen LogP) is 2.88. The number of pyridine rings is 1. The molecule has 1 aliphatic rings. The van der Waals surface area contributed by atoms with Crippen LogP contribution in [0.25, 0.3) is 0 Å². The number of rotatable bonds is 4. The molecule has 0 radical (unpaired) electrons. The molecule has 0 spiro atoms. The molecule has 1 aromatic heterocycles. The van der Waals surface area contributed by atoms with Gasteiger partial charge in [0.05, 0.1) is 24.0 Å². The van der Waals surface area contributed by atoms with Gasteiger partial charge in [0.2, 0.25) is 0 Å². The van der Waals surface area contributed by atoms with Crippen molar-refractivity contribution in [1.29, 1.82) is 0 Å². The minimum Gasteiger partial charge on any atom is -0.478 e. The Balaban J connectivity index is 1.84. The summed E-state index contributed by atoms with van der Waals surface area (Å²) in [6.07, 6.45) is 6.48. The van der Waals surface area contributed by atoms with Crippen molar-refractivity contribution < 1.29 is 14.6 Å². The van der Waals surface area contributed by atoms with Crippen molar-refractivity contribution in [2.75, 3.05) is 0 Å². The lowest BCUT2D eigenvalue weighted by Crippen LogP contribution is -2.21. The van der Waals surface area contributed by atoms with Crippen LogP contribution >= 0.6 is 0 Å². The summed E-state index contributed by atoms with van der Waals surface area (Å²) in [6.45, 7) is 2.73. The van der Waals surface area contributed by atoms with Gasteiger partial charge in [-0.25, -0.2) is 4.79 Å². The van der Waals surface area contributed by atoms with E-state index in [9.17, 15) is 4.79 Å². The molecule has 98 valence electrons. The van der Waals surface area contributed by atoms with Gasteiger partial charge in [0.1, 0.15) is 0 Å². The minimum absolute atomic E-state index is 0.213. The molecule has 0 aliphatic heterocycles. The number of carboxylic acid groups (broad SMARTS) is 1. The fraction of sp³-hybridized carbons (Fsp3) is 0.571. The van der Waals surface area contributed by atoms with E-state index >= 15 is 0 Å². The van der Waals surface area contributed by atoms with Crippen LogP contribution in [0.2, 0.25) is 0 Å². The molecule has 2 unspecified atom stereocenters. The smallest absolute Gasteiger partial charge is 0.337 e. The van der Waals surface area contributed by atoms with Gasteiger partial charge in [-0.15, -0.1) is 0 Å². The monoisotopic (exact) mass is 249 g/mol. The van der Waals surface area contributed by atoms with Crippen LogP contribution in [0.3, 0.4) is 0 Å². The van der Waals surface area contributed by atoms with Crippen molar-refractivity contribution >= 4 is 5.97 Å². The van der Waals surface area contributed by atoms with Crippen LogP contribution in [-0.4, -0.2) is 22.2 Å². The molecule has 1 heterocycles. The molecule has 0 bridgehead atoms. The number of aromatic nitrogens is 1. The maximum Gasteiger partial charge on any atom is 0.337 e. The SMILES string of the molecule is CC1CCCC(OCc2ccc(C(=O)O)cn2)C1. The number of hydrogen-bond acceptors (Lipinski definition) is 3. The molecule has 4 nitrogen and oxygen atoms in total. The Bertz CT molecular complexity index is 402. The fourth-order valence-corrected chi connectivity index (χ4v) is 2.37. The van der Waals surface area contributed by atoms with E-state index in [1.807, 2.05) is 0 Å². The predicted molar refractivity (Wildman–Crippen MR) is 67.4 cm³/mol.